The third-order valence-corrected chi connectivity index (χ3v) is 8.22. The highest BCUT2D eigenvalue weighted by Gasteiger charge is 2.37. The fourth-order valence-electron chi connectivity index (χ4n) is 4.65. The van der Waals surface area contributed by atoms with Crippen molar-refractivity contribution in [3.8, 4) is 5.75 Å². The summed E-state index contributed by atoms with van der Waals surface area (Å²) in [7, 11) is -3.06. The van der Waals surface area contributed by atoms with E-state index in [1.165, 1.54) is 29.2 Å². The van der Waals surface area contributed by atoms with Crippen LogP contribution in [0.1, 0.15) is 34.1 Å². The van der Waals surface area contributed by atoms with Crippen LogP contribution < -0.4 is 11.2 Å². The lowest BCUT2D eigenvalue weighted by Gasteiger charge is -2.41. The Morgan fingerprint density at radius 3 is 2.44 bits per heavy atom. The van der Waals surface area contributed by atoms with Gasteiger partial charge in [-0.25, -0.2) is 13.8 Å². The Bertz CT molecular complexity index is 1420. The average molecular weight is 488 g/mol. The number of amides is 1. The first-order valence-electron chi connectivity index (χ1n) is 10.7. The van der Waals surface area contributed by atoms with Crippen molar-refractivity contribution in [2.24, 2.45) is 0 Å². The van der Waals surface area contributed by atoms with E-state index >= 15 is 0 Å². The quantitative estimate of drug-likeness (QED) is 0.522. The van der Waals surface area contributed by atoms with Crippen LogP contribution in [-0.4, -0.2) is 46.5 Å². The molecule has 0 aliphatic carbocycles. The van der Waals surface area contributed by atoms with E-state index in [1.807, 2.05) is 0 Å². The number of hydrogen-bond acceptors (Lipinski definition) is 6. The van der Waals surface area contributed by atoms with Crippen LogP contribution >= 0.6 is 10.6 Å². The summed E-state index contributed by atoms with van der Waals surface area (Å²) in [5.74, 6) is -1.95. The van der Waals surface area contributed by atoms with Crippen LogP contribution in [0.15, 0.2) is 63.0 Å². The number of aromatic nitrogens is 2. The number of aromatic hydroxyl groups is 1. The molecule has 0 fully saturated rings. The summed E-state index contributed by atoms with van der Waals surface area (Å²) in [4.78, 5) is 41.3. The number of rotatable bonds is 3. The zero-order chi connectivity index (χ0) is 24.2. The minimum atomic E-state index is -3.06. The van der Waals surface area contributed by atoms with E-state index in [9.17, 15) is 33.0 Å². The molecule has 1 unspecified atom stereocenters. The third kappa shape index (κ3) is 3.52. The highest BCUT2D eigenvalue weighted by molar-refractivity contribution is 8.24. The maximum absolute atomic E-state index is 13.4. The van der Waals surface area contributed by atoms with E-state index in [0.717, 1.165) is 9.13 Å². The van der Waals surface area contributed by atoms with Crippen molar-refractivity contribution < 1.29 is 23.4 Å². The van der Waals surface area contributed by atoms with Crippen molar-refractivity contribution in [2.45, 2.75) is 30.4 Å². The fraction of sp³-hybridized carbons (Fsp3) is 0.261. The number of nitrogens with zero attached hydrogens (tertiary/aromatic N) is 3. The van der Waals surface area contributed by atoms with Gasteiger partial charge in [0.25, 0.3) is 11.5 Å². The lowest BCUT2D eigenvalue weighted by atomic mass is 10.0. The molecular weight excluding hydrogens is 465 g/mol. The van der Waals surface area contributed by atoms with Gasteiger partial charge in [-0.15, -0.1) is 0 Å². The molecule has 3 heterocycles. The monoisotopic (exact) mass is 487 g/mol. The maximum Gasteiger partial charge on any atom is 0.332 e. The molecule has 0 spiro atoms. The van der Waals surface area contributed by atoms with Crippen molar-refractivity contribution in [1.29, 1.82) is 0 Å². The Balaban J connectivity index is 1.57. The Morgan fingerprint density at radius 2 is 1.71 bits per heavy atom. The Morgan fingerprint density at radius 1 is 1.00 bits per heavy atom. The van der Waals surface area contributed by atoms with Gasteiger partial charge >= 0.3 is 5.69 Å². The van der Waals surface area contributed by atoms with Crippen molar-refractivity contribution in [3.63, 3.8) is 0 Å². The largest absolute Gasteiger partial charge is 0.501 e. The fourth-order valence-corrected chi connectivity index (χ4v) is 6.30. The predicted octanol–water partition coefficient (Wildman–Crippen LogP) is 2.61. The van der Waals surface area contributed by atoms with Crippen LogP contribution in [-0.2, 0) is 13.1 Å². The molecule has 1 aromatic heterocycles. The first-order valence-corrected chi connectivity index (χ1v) is 12.4. The molecule has 0 saturated heterocycles. The van der Waals surface area contributed by atoms with Crippen LogP contribution in [0.25, 0.3) is 0 Å². The van der Waals surface area contributed by atoms with E-state index in [0.29, 0.717) is 11.1 Å². The van der Waals surface area contributed by atoms with Gasteiger partial charge in [-0.3, -0.25) is 23.3 Å². The SMILES string of the molecule is O=C1c2c(O)c(=O)n(C3CCS(O)(O)c4ccccc43)c(=O)n2CCN1Cc1ccc(F)cc1. The molecular formula is C23H22FN3O6S. The van der Waals surface area contributed by atoms with Crippen molar-refractivity contribution in [2.75, 3.05) is 12.3 Å². The molecule has 5 rings (SSSR count). The number of hydrogen-bond donors (Lipinski definition) is 3. The maximum atomic E-state index is 13.4. The molecule has 2 aromatic carbocycles. The molecule has 11 heteroatoms. The topological polar surface area (TPSA) is 125 Å². The van der Waals surface area contributed by atoms with Gasteiger partial charge < -0.3 is 10.0 Å². The van der Waals surface area contributed by atoms with E-state index in [2.05, 4.69) is 0 Å². The lowest BCUT2D eigenvalue weighted by Crippen LogP contribution is -2.51. The van der Waals surface area contributed by atoms with Crippen molar-refractivity contribution in [1.82, 2.24) is 14.0 Å². The minimum absolute atomic E-state index is 0.0343. The molecule has 3 aromatic rings. The molecule has 178 valence electrons. The van der Waals surface area contributed by atoms with Crippen molar-refractivity contribution >= 4 is 16.5 Å². The van der Waals surface area contributed by atoms with E-state index in [-0.39, 0.29) is 42.4 Å². The number of fused-ring (bicyclic) bond motifs is 2. The highest BCUT2D eigenvalue weighted by Crippen LogP contribution is 2.56. The van der Waals surface area contributed by atoms with Crippen LogP contribution in [0, 0.1) is 5.82 Å². The summed E-state index contributed by atoms with van der Waals surface area (Å²) < 4.78 is 36.0. The smallest absolute Gasteiger partial charge is 0.332 e. The van der Waals surface area contributed by atoms with Gasteiger partial charge in [-0.05, 0) is 35.7 Å². The third-order valence-electron chi connectivity index (χ3n) is 6.34. The van der Waals surface area contributed by atoms with Gasteiger partial charge in [0.15, 0.2) is 5.69 Å². The number of carbonyl (C=O) groups excluding carboxylic acids is 1. The summed E-state index contributed by atoms with van der Waals surface area (Å²) in [6, 6.07) is 11.3. The van der Waals surface area contributed by atoms with Gasteiger partial charge in [0, 0.05) is 25.4 Å². The zero-order valence-corrected chi connectivity index (χ0v) is 18.7. The molecule has 34 heavy (non-hydrogen) atoms. The molecule has 1 amide bonds. The molecule has 2 aliphatic heterocycles. The lowest BCUT2D eigenvalue weighted by molar-refractivity contribution is 0.0677. The Kier molecular flexibility index (Phi) is 5.34. The molecule has 1 atom stereocenters. The number of halogens is 1. The molecule has 2 aliphatic rings. The summed E-state index contributed by atoms with van der Waals surface area (Å²) >= 11 is 0. The first kappa shape index (κ1) is 22.4. The highest BCUT2D eigenvalue weighted by atomic mass is 32.3. The second-order valence-corrected chi connectivity index (χ2v) is 10.6. The van der Waals surface area contributed by atoms with Gasteiger partial charge in [0.1, 0.15) is 5.82 Å². The second kappa shape index (κ2) is 8.12. The molecule has 0 saturated carbocycles. The molecule has 3 N–H and O–H groups in total. The predicted molar refractivity (Wildman–Crippen MR) is 123 cm³/mol. The average Bonchev–Trinajstić information content (AvgIpc) is 2.82. The Labute approximate surface area is 194 Å². The van der Waals surface area contributed by atoms with Crippen LogP contribution in [0.4, 0.5) is 4.39 Å². The second-order valence-electron chi connectivity index (χ2n) is 8.37. The standard InChI is InChI=1S/C23H22FN3O6S/c24-15-7-5-14(6-8-15)13-25-10-11-26-19(21(25)29)20(28)22(30)27(23(26)31)17-9-12-34(32,33)18-4-2-1-3-16(17)18/h1-8,17,28,32-33H,9-13H2. The minimum Gasteiger partial charge on any atom is -0.501 e. The number of benzene rings is 2. The molecule has 9 nitrogen and oxygen atoms in total. The van der Waals surface area contributed by atoms with Gasteiger partial charge in [0.2, 0.25) is 5.75 Å². The van der Waals surface area contributed by atoms with E-state index in [4.69, 9.17) is 0 Å². The summed E-state index contributed by atoms with van der Waals surface area (Å²) in [6.45, 7) is 0.338. The van der Waals surface area contributed by atoms with Gasteiger partial charge in [0.05, 0.1) is 10.9 Å². The van der Waals surface area contributed by atoms with Crippen LogP contribution in [0.2, 0.25) is 0 Å². The molecule has 0 bridgehead atoms. The van der Waals surface area contributed by atoms with Gasteiger partial charge in [-0.1, -0.05) is 30.3 Å². The zero-order valence-electron chi connectivity index (χ0n) is 17.9. The van der Waals surface area contributed by atoms with Crippen LogP contribution in [0.5, 0.6) is 5.75 Å². The van der Waals surface area contributed by atoms with Crippen LogP contribution in [0.3, 0.4) is 0 Å². The first-order chi connectivity index (χ1) is 16.2. The van der Waals surface area contributed by atoms with Gasteiger partial charge in [-0.2, -0.15) is 10.6 Å². The molecule has 0 radical (unpaired) electrons. The van der Waals surface area contributed by atoms with E-state index in [1.54, 1.807) is 24.3 Å². The summed E-state index contributed by atoms with van der Waals surface area (Å²) in [6.07, 6.45) is 0.109. The number of carbonyl (C=O) groups is 1. The Hall–Kier alpha value is -3.41. The van der Waals surface area contributed by atoms with Crippen molar-refractivity contribution in [3.05, 3.63) is 92.0 Å². The summed E-state index contributed by atoms with van der Waals surface area (Å²) in [5.41, 5.74) is -1.05. The van der Waals surface area contributed by atoms with E-state index < -0.39 is 45.4 Å². The normalized spacial score (nSPS) is 19.9. The summed E-state index contributed by atoms with van der Waals surface area (Å²) in [5, 5.41) is 10.7.